The van der Waals surface area contributed by atoms with Gasteiger partial charge in [0.05, 0.1) is 23.1 Å². The summed E-state index contributed by atoms with van der Waals surface area (Å²) in [5, 5.41) is 12.2. The van der Waals surface area contributed by atoms with Crippen LogP contribution >= 0.6 is 0 Å². The lowest BCUT2D eigenvalue weighted by Gasteiger charge is -2.35. The average molecular weight is 439 g/mol. The van der Waals surface area contributed by atoms with Crippen molar-refractivity contribution in [3.8, 4) is 5.69 Å². The minimum atomic E-state index is -0.259. The molecule has 0 radical (unpaired) electrons. The van der Waals surface area contributed by atoms with Gasteiger partial charge in [0.15, 0.2) is 0 Å². The number of hydrogen-bond acceptors (Lipinski definition) is 5. The first-order valence-electron chi connectivity index (χ1n) is 11.2. The molecule has 1 aliphatic heterocycles. The third-order valence-electron chi connectivity index (χ3n) is 6.28. The van der Waals surface area contributed by atoms with Crippen LogP contribution in [0.4, 0.5) is 10.2 Å². The van der Waals surface area contributed by atoms with E-state index in [1.165, 1.54) is 28.3 Å². The molecule has 0 spiro atoms. The van der Waals surface area contributed by atoms with Gasteiger partial charge >= 0.3 is 0 Å². The number of aromatic nitrogens is 4. The first-order valence-corrected chi connectivity index (χ1v) is 11.2. The van der Waals surface area contributed by atoms with E-state index in [1.54, 1.807) is 16.8 Å². The van der Waals surface area contributed by atoms with Gasteiger partial charge in [-0.05, 0) is 35.7 Å². The second kappa shape index (κ2) is 8.26. The minimum Gasteiger partial charge on any atom is -0.354 e. The highest BCUT2D eigenvalue weighted by molar-refractivity contribution is 6.10. The van der Waals surface area contributed by atoms with Crippen LogP contribution in [0.3, 0.4) is 0 Å². The molecule has 6 nitrogen and oxygen atoms in total. The number of piperazine rings is 1. The van der Waals surface area contributed by atoms with Crippen molar-refractivity contribution < 1.29 is 4.39 Å². The minimum absolute atomic E-state index is 0.259. The fourth-order valence-electron chi connectivity index (χ4n) is 4.56. The lowest BCUT2D eigenvalue weighted by atomic mass is 10.1. The lowest BCUT2D eigenvalue weighted by Crippen LogP contribution is -2.46. The molecule has 7 heteroatoms. The largest absolute Gasteiger partial charge is 0.354 e. The number of nitrogens with zero attached hydrogens (tertiary/aromatic N) is 6. The maximum absolute atomic E-state index is 13.2. The molecule has 33 heavy (non-hydrogen) atoms. The number of halogens is 1. The van der Waals surface area contributed by atoms with Crippen LogP contribution in [-0.4, -0.2) is 51.1 Å². The summed E-state index contributed by atoms with van der Waals surface area (Å²) < 4.78 is 14.9. The Morgan fingerprint density at radius 2 is 1.45 bits per heavy atom. The van der Waals surface area contributed by atoms with Crippen LogP contribution in [-0.2, 0) is 6.54 Å². The van der Waals surface area contributed by atoms with Crippen LogP contribution in [0.5, 0.6) is 0 Å². The van der Waals surface area contributed by atoms with E-state index in [1.807, 2.05) is 12.3 Å². The highest BCUT2D eigenvalue weighted by atomic mass is 19.1. The Kier molecular flexibility index (Phi) is 4.96. The van der Waals surface area contributed by atoms with E-state index in [4.69, 9.17) is 4.98 Å². The maximum atomic E-state index is 13.2. The van der Waals surface area contributed by atoms with Gasteiger partial charge in [0, 0.05) is 43.5 Å². The van der Waals surface area contributed by atoms with E-state index in [-0.39, 0.29) is 5.82 Å². The number of fused-ring (bicyclic) bond motifs is 3. The lowest BCUT2D eigenvalue weighted by molar-refractivity contribution is 0.246. The van der Waals surface area contributed by atoms with Crippen LogP contribution in [0.25, 0.3) is 27.4 Å². The fraction of sp³-hybridized carbons (Fsp3) is 0.192. The van der Waals surface area contributed by atoms with Gasteiger partial charge in [0.2, 0.25) is 0 Å². The van der Waals surface area contributed by atoms with Crippen molar-refractivity contribution in [3.63, 3.8) is 0 Å². The topological polar surface area (TPSA) is 50.1 Å². The van der Waals surface area contributed by atoms with Crippen molar-refractivity contribution in [2.24, 2.45) is 0 Å². The quantitative estimate of drug-likeness (QED) is 0.389. The Morgan fingerprint density at radius 1 is 0.758 bits per heavy atom. The van der Waals surface area contributed by atoms with Gasteiger partial charge < -0.3 is 4.90 Å². The number of hydrogen-bond donors (Lipinski definition) is 0. The molecule has 0 bridgehead atoms. The summed E-state index contributed by atoms with van der Waals surface area (Å²) in [6.45, 7) is 4.39. The number of benzene rings is 3. The van der Waals surface area contributed by atoms with Gasteiger partial charge in [-0.1, -0.05) is 47.7 Å². The zero-order valence-corrected chi connectivity index (χ0v) is 18.1. The molecule has 0 atom stereocenters. The summed E-state index contributed by atoms with van der Waals surface area (Å²) in [5.41, 5.74) is 2.74. The molecule has 6 rings (SSSR count). The number of pyridine rings is 1. The molecule has 3 aromatic carbocycles. The van der Waals surface area contributed by atoms with Crippen LogP contribution in [0, 0.1) is 5.82 Å². The molecule has 0 N–H and O–H groups in total. The summed E-state index contributed by atoms with van der Waals surface area (Å²) in [7, 11) is 0. The van der Waals surface area contributed by atoms with Crippen LogP contribution in [0.1, 0.15) is 5.69 Å². The van der Waals surface area contributed by atoms with Crippen LogP contribution in [0.2, 0.25) is 0 Å². The van der Waals surface area contributed by atoms with Crippen molar-refractivity contribution in [1.82, 2.24) is 24.9 Å². The van der Waals surface area contributed by atoms with E-state index in [0.29, 0.717) is 0 Å². The van der Waals surface area contributed by atoms with Crippen molar-refractivity contribution in [1.29, 1.82) is 0 Å². The molecular weight excluding hydrogens is 415 g/mol. The molecule has 0 aliphatic carbocycles. The molecule has 2 aromatic heterocycles. The Balaban J connectivity index is 1.18. The maximum Gasteiger partial charge on any atom is 0.137 e. The third kappa shape index (κ3) is 3.81. The Morgan fingerprint density at radius 3 is 2.24 bits per heavy atom. The van der Waals surface area contributed by atoms with E-state index >= 15 is 0 Å². The molecule has 0 amide bonds. The van der Waals surface area contributed by atoms with Crippen molar-refractivity contribution in [3.05, 3.63) is 90.5 Å². The van der Waals surface area contributed by atoms with Gasteiger partial charge in [-0.3, -0.25) is 4.90 Å². The number of para-hydroxylation sites is 1. The number of rotatable bonds is 4. The number of anilines is 1. The van der Waals surface area contributed by atoms with Gasteiger partial charge in [0.1, 0.15) is 11.6 Å². The molecule has 164 valence electrons. The smallest absolute Gasteiger partial charge is 0.137 e. The van der Waals surface area contributed by atoms with Crippen molar-refractivity contribution >= 4 is 27.5 Å². The van der Waals surface area contributed by atoms with Gasteiger partial charge in [0.25, 0.3) is 0 Å². The molecule has 1 fully saturated rings. The van der Waals surface area contributed by atoms with E-state index < -0.39 is 0 Å². The van der Waals surface area contributed by atoms with Crippen molar-refractivity contribution in [2.45, 2.75) is 6.54 Å². The monoisotopic (exact) mass is 438 g/mol. The Hall–Kier alpha value is -3.84. The van der Waals surface area contributed by atoms with E-state index in [9.17, 15) is 4.39 Å². The highest BCUT2D eigenvalue weighted by Gasteiger charge is 2.21. The predicted octanol–water partition coefficient (Wildman–Crippen LogP) is 4.43. The molecule has 5 aromatic rings. The van der Waals surface area contributed by atoms with Gasteiger partial charge in [-0.2, -0.15) is 0 Å². The van der Waals surface area contributed by atoms with Crippen molar-refractivity contribution in [2.75, 3.05) is 31.1 Å². The molecule has 3 heterocycles. The van der Waals surface area contributed by atoms with E-state index in [2.05, 4.69) is 62.6 Å². The fourth-order valence-corrected chi connectivity index (χ4v) is 4.56. The molecule has 1 saturated heterocycles. The summed E-state index contributed by atoms with van der Waals surface area (Å²) >= 11 is 0. The van der Waals surface area contributed by atoms with Gasteiger partial charge in [-0.15, -0.1) is 5.10 Å². The molecular formula is C26H23FN6. The van der Waals surface area contributed by atoms with E-state index in [0.717, 1.165) is 55.4 Å². The Labute approximate surface area is 190 Å². The normalized spacial score (nSPS) is 14.9. The second-order valence-corrected chi connectivity index (χ2v) is 8.39. The summed E-state index contributed by atoms with van der Waals surface area (Å²) in [6.07, 6.45) is 1.91. The molecule has 1 aliphatic rings. The molecule has 0 saturated carbocycles. The summed E-state index contributed by atoms with van der Waals surface area (Å²) in [4.78, 5) is 9.81. The first-order chi connectivity index (χ1) is 16.2. The SMILES string of the molecule is Fc1ccc(-n2cc(CN3CCN(c4nc5ccccc5c5ccccc45)CC3)nn2)cc1. The summed E-state index contributed by atoms with van der Waals surface area (Å²) in [5.74, 6) is 0.803. The van der Waals surface area contributed by atoms with Gasteiger partial charge in [-0.25, -0.2) is 14.1 Å². The standard InChI is InChI=1S/C26H23FN6/c27-19-9-11-21(12-10-19)33-18-20(29-30-33)17-31-13-15-32(16-14-31)26-24-7-2-1-5-22(24)23-6-3-4-8-25(23)28-26/h1-12,18H,13-17H2. The highest BCUT2D eigenvalue weighted by Crippen LogP contribution is 2.31. The zero-order chi connectivity index (χ0) is 22.2. The summed E-state index contributed by atoms with van der Waals surface area (Å²) in [6, 6.07) is 23.2. The second-order valence-electron chi connectivity index (χ2n) is 8.39. The first kappa shape index (κ1) is 19.8. The predicted molar refractivity (Wildman–Crippen MR) is 128 cm³/mol. The molecule has 0 unspecified atom stereocenters. The van der Waals surface area contributed by atoms with Crippen LogP contribution < -0.4 is 4.90 Å². The zero-order valence-electron chi connectivity index (χ0n) is 18.1. The average Bonchev–Trinajstić information content (AvgIpc) is 3.33. The Bertz CT molecular complexity index is 1420. The van der Waals surface area contributed by atoms with Crippen LogP contribution in [0.15, 0.2) is 79.0 Å². The third-order valence-corrected chi connectivity index (χ3v) is 6.28.